The van der Waals surface area contributed by atoms with E-state index in [0.717, 1.165) is 16.5 Å². The lowest BCUT2D eigenvalue weighted by atomic mass is 10.1. The van der Waals surface area contributed by atoms with Crippen molar-refractivity contribution >= 4 is 22.8 Å². The van der Waals surface area contributed by atoms with Crippen molar-refractivity contribution in [2.45, 2.75) is 19.9 Å². The highest BCUT2D eigenvalue weighted by Crippen LogP contribution is 2.23. The van der Waals surface area contributed by atoms with E-state index in [4.69, 9.17) is 9.15 Å². The van der Waals surface area contributed by atoms with Gasteiger partial charge in [0.1, 0.15) is 11.3 Å². The molecule has 1 aromatic heterocycles. The van der Waals surface area contributed by atoms with Gasteiger partial charge in [0, 0.05) is 5.39 Å². The lowest BCUT2D eigenvalue weighted by Gasteiger charge is -2.11. The molecule has 25 heavy (non-hydrogen) atoms. The average molecular weight is 337 g/mol. The Morgan fingerprint density at radius 2 is 1.92 bits per heavy atom. The smallest absolute Gasteiger partial charge is 0.338 e. The zero-order chi connectivity index (χ0) is 17.8. The predicted octanol–water partition coefficient (Wildman–Crippen LogP) is 3.78. The molecule has 2 aromatic carbocycles. The topological polar surface area (TPSA) is 68.5 Å². The molecule has 0 aliphatic heterocycles. The van der Waals surface area contributed by atoms with Crippen molar-refractivity contribution in [1.82, 2.24) is 5.32 Å². The van der Waals surface area contributed by atoms with Gasteiger partial charge in [0.15, 0.2) is 6.61 Å². The van der Waals surface area contributed by atoms with Crippen LogP contribution in [0.3, 0.4) is 0 Å². The van der Waals surface area contributed by atoms with Crippen LogP contribution in [0.5, 0.6) is 0 Å². The Balaban J connectivity index is 1.55. The fourth-order valence-electron chi connectivity index (χ4n) is 2.56. The molecule has 0 saturated carbocycles. The van der Waals surface area contributed by atoms with E-state index >= 15 is 0 Å². The minimum atomic E-state index is -0.518. The van der Waals surface area contributed by atoms with Crippen LogP contribution < -0.4 is 5.32 Å². The molecule has 1 amide bonds. The predicted molar refractivity (Wildman–Crippen MR) is 94.2 cm³/mol. The third-order valence-corrected chi connectivity index (χ3v) is 3.84. The maximum absolute atomic E-state index is 12.0. The van der Waals surface area contributed by atoms with Crippen LogP contribution in [0.25, 0.3) is 11.0 Å². The fraction of sp³-hybridized carbons (Fsp3) is 0.200. The Bertz CT molecular complexity index is 880. The summed E-state index contributed by atoms with van der Waals surface area (Å²) in [4.78, 5) is 24.0. The lowest BCUT2D eigenvalue weighted by Crippen LogP contribution is -2.31. The number of aryl methyl sites for hydroxylation is 1. The van der Waals surface area contributed by atoms with Gasteiger partial charge >= 0.3 is 5.97 Å². The van der Waals surface area contributed by atoms with Crippen molar-refractivity contribution in [3.63, 3.8) is 0 Å². The number of hydrogen-bond acceptors (Lipinski definition) is 4. The van der Waals surface area contributed by atoms with Gasteiger partial charge in [-0.1, -0.05) is 35.9 Å². The molecule has 0 radical (unpaired) electrons. The van der Waals surface area contributed by atoms with Crippen molar-refractivity contribution < 1.29 is 18.7 Å². The van der Waals surface area contributed by atoms with Gasteiger partial charge in [0.25, 0.3) is 5.91 Å². The summed E-state index contributed by atoms with van der Waals surface area (Å²) in [5.41, 5.74) is 2.15. The summed E-state index contributed by atoms with van der Waals surface area (Å²) in [7, 11) is 0. The number of nitrogens with one attached hydrogen (secondary N) is 1. The second-order valence-corrected chi connectivity index (χ2v) is 5.92. The van der Waals surface area contributed by atoms with Crippen LogP contribution in [0.2, 0.25) is 0 Å². The van der Waals surface area contributed by atoms with Crippen molar-refractivity contribution in [1.29, 1.82) is 0 Å². The normalized spacial score (nSPS) is 11.9. The number of amides is 1. The van der Waals surface area contributed by atoms with Gasteiger partial charge in [-0.15, -0.1) is 0 Å². The van der Waals surface area contributed by atoms with Gasteiger partial charge in [-0.25, -0.2) is 4.79 Å². The molecule has 1 atom stereocenters. The van der Waals surface area contributed by atoms with Gasteiger partial charge in [0.05, 0.1) is 11.6 Å². The monoisotopic (exact) mass is 337 g/mol. The molecule has 5 heteroatoms. The second-order valence-electron chi connectivity index (χ2n) is 5.92. The number of para-hydroxylation sites is 1. The Hall–Kier alpha value is -3.08. The maximum atomic E-state index is 12.0. The largest absolute Gasteiger partial charge is 0.459 e. The Labute approximate surface area is 145 Å². The molecule has 128 valence electrons. The van der Waals surface area contributed by atoms with E-state index in [9.17, 15) is 9.59 Å². The van der Waals surface area contributed by atoms with E-state index in [1.807, 2.05) is 50.2 Å². The van der Waals surface area contributed by atoms with Crippen LogP contribution in [-0.2, 0) is 9.53 Å². The molecule has 3 rings (SSSR count). The molecule has 5 nitrogen and oxygen atoms in total. The molecule has 0 fully saturated rings. The Morgan fingerprint density at radius 3 is 2.68 bits per heavy atom. The van der Waals surface area contributed by atoms with E-state index in [1.54, 1.807) is 18.2 Å². The highest BCUT2D eigenvalue weighted by Gasteiger charge is 2.16. The summed E-state index contributed by atoms with van der Waals surface area (Å²) in [6.45, 7) is 3.37. The molecule has 0 bridgehead atoms. The molecule has 0 saturated heterocycles. The first-order chi connectivity index (χ1) is 12.0. The van der Waals surface area contributed by atoms with Gasteiger partial charge in [-0.2, -0.15) is 0 Å². The summed E-state index contributed by atoms with van der Waals surface area (Å²) in [6.07, 6.45) is 0. The minimum absolute atomic E-state index is 0.322. The third kappa shape index (κ3) is 4.07. The van der Waals surface area contributed by atoms with Crippen LogP contribution in [0, 0.1) is 6.92 Å². The van der Waals surface area contributed by atoms with Gasteiger partial charge in [-0.3, -0.25) is 4.79 Å². The minimum Gasteiger partial charge on any atom is -0.459 e. The van der Waals surface area contributed by atoms with Crippen molar-refractivity contribution in [2.24, 2.45) is 0 Å². The number of carbonyl (C=O) groups excluding carboxylic acids is 2. The first kappa shape index (κ1) is 16.8. The number of esters is 1. The molecule has 0 spiro atoms. The number of ether oxygens (including phenoxy) is 1. The summed E-state index contributed by atoms with van der Waals surface area (Å²) >= 11 is 0. The molecule has 0 aliphatic rings. The Morgan fingerprint density at radius 1 is 1.12 bits per heavy atom. The van der Waals surface area contributed by atoms with E-state index in [2.05, 4.69) is 5.32 Å². The highest BCUT2D eigenvalue weighted by molar-refractivity contribution is 5.91. The second kappa shape index (κ2) is 7.21. The summed E-state index contributed by atoms with van der Waals surface area (Å²) < 4.78 is 10.8. The van der Waals surface area contributed by atoms with Gasteiger partial charge in [0.2, 0.25) is 0 Å². The number of furan rings is 1. The molecule has 3 aromatic rings. The number of fused-ring (bicyclic) bond motifs is 1. The zero-order valence-corrected chi connectivity index (χ0v) is 14.1. The van der Waals surface area contributed by atoms with Crippen LogP contribution in [0.1, 0.15) is 34.6 Å². The summed E-state index contributed by atoms with van der Waals surface area (Å²) in [5, 5.41) is 3.74. The third-order valence-electron chi connectivity index (χ3n) is 3.84. The van der Waals surface area contributed by atoms with Crippen LogP contribution in [0.4, 0.5) is 0 Å². The van der Waals surface area contributed by atoms with E-state index in [0.29, 0.717) is 11.3 Å². The van der Waals surface area contributed by atoms with Crippen molar-refractivity contribution in [2.75, 3.05) is 6.61 Å². The molecule has 0 unspecified atom stereocenters. The number of benzene rings is 2. The van der Waals surface area contributed by atoms with Gasteiger partial charge < -0.3 is 14.5 Å². The van der Waals surface area contributed by atoms with E-state index in [-0.39, 0.29) is 18.6 Å². The SMILES string of the molecule is Cc1cccc(C(=O)OCC(=O)N[C@@H](C)c2cc3ccccc3o2)c1. The van der Waals surface area contributed by atoms with Gasteiger partial charge in [-0.05, 0) is 38.1 Å². The number of rotatable bonds is 5. The Kier molecular flexibility index (Phi) is 4.84. The van der Waals surface area contributed by atoms with Crippen LogP contribution in [0.15, 0.2) is 59.0 Å². The van der Waals surface area contributed by atoms with Crippen molar-refractivity contribution in [3.05, 3.63) is 71.5 Å². The molecular weight excluding hydrogens is 318 g/mol. The molecule has 1 N–H and O–H groups in total. The molecular formula is C20H19NO4. The molecule has 0 aliphatic carbocycles. The first-order valence-electron chi connectivity index (χ1n) is 8.04. The fourth-order valence-corrected chi connectivity index (χ4v) is 2.56. The summed E-state index contributed by atoms with van der Waals surface area (Å²) in [5.74, 6) is -0.247. The number of hydrogen-bond donors (Lipinski definition) is 1. The average Bonchev–Trinajstić information content (AvgIpc) is 3.04. The molecule has 1 heterocycles. The van der Waals surface area contributed by atoms with Crippen LogP contribution in [-0.4, -0.2) is 18.5 Å². The number of carbonyl (C=O) groups is 2. The maximum Gasteiger partial charge on any atom is 0.338 e. The van der Waals surface area contributed by atoms with E-state index < -0.39 is 5.97 Å². The standard InChI is InChI=1S/C20H19NO4/c1-13-6-5-8-16(10-13)20(23)24-12-19(22)21-14(2)18-11-15-7-3-4-9-17(15)25-18/h3-11,14H,12H2,1-2H3,(H,21,22)/t14-/m0/s1. The van der Waals surface area contributed by atoms with Crippen LogP contribution >= 0.6 is 0 Å². The summed E-state index contributed by atoms with van der Waals surface area (Å²) in [6, 6.07) is 16.2. The first-order valence-corrected chi connectivity index (χ1v) is 8.04. The quantitative estimate of drug-likeness (QED) is 0.720. The highest BCUT2D eigenvalue weighted by atomic mass is 16.5. The van der Waals surface area contributed by atoms with E-state index in [1.165, 1.54) is 0 Å². The lowest BCUT2D eigenvalue weighted by molar-refractivity contribution is -0.125. The van der Waals surface area contributed by atoms with Crippen molar-refractivity contribution in [3.8, 4) is 0 Å². The zero-order valence-electron chi connectivity index (χ0n) is 14.1.